The molecule has 1 atom stereocenters. The lowest BCUT2D eigenvalue weighted by atomic mass is 9.91. The van der Waals surface area contributed by atoms with Crippen LogP contribution in [0, 0.1) is 0 Å². The summed E-state index contributed by atoms with van der Waals surface area (Å²) in [6.07, 6.45) is 7.77. The van der Waals surface area contributed by atoms with Crippen molar-refractivity contribution in [3.05, 3.63) is 119 Å². The van der Waals surface area contributed by atoms with Gasteiger partial charge in [-0.25, -0.2) is 4.99 Å². The summed E-state index contributed by atoms with van der Waals surface area (Å²) in [6, 6.07) is 18.9. The molecule has 0 radical (unpaired) electrons. The van der Waals surface area contributed by atoms with Gasteiger partial charge < -0.3 is 18.9 Å². The van der Waals surface area contributed by atoms with E-state index in [9.17, 15) is 4.79 Å². The highest BCUT2D eigenvalue weighted by Crippen LogP contribution is 2.42. The van der Waals surface area contributed by atoms with Crippen LogP contribution >= 0.6 is 22.9 Å². The number of hydrogen-bond acceptors (Lipinski definition) is 7. The highest BCUT2D eigenvalue weighted by Gasteiger charge is 2.32. The van der Waals surface area contributed by atoms with Gasteiger partial charge in [-0.1, -0.05) is 47.2 Å². The number of hydrogen-bond donors (Lipinski definition) is 0. The van der Waals surface area contributed by atoms with Crippen LogP contribution in [-0.2, 0) is 0 Å². The lowest BCUT2D eigenvalue weighted by Gasteiger charge is -2.27. The fourth-order valence-electron chi connectivity index (χ4n) is 5.90. The molecule has 0 saturated carbocycles. The molecule has 4 aromatic rings. The van der Waals surface area contributed by atoms with Crippen molar-refractivity contribution in [1.82, 2.24) is 4.57 Å². The second-order valence-corrected chi connectivity index (χ2v) is 12.1. The van der Waals surface area contributed by atoms with E-state index >= 15 is 0 Å². The number of aromatic nitrogens is 1. The average molecular weight is 629 g/mol. The third kappa shape index (κ3) is 5.67. The third-order valence-electron chi connectivity index (χ3n) is 8.02. The molecule has 44 heavy (non-hydrogen) atoms. The molecule has 6 rings (SSSR count). The summed E-state index contributed by atoms with van der Waals surface area (Å²) in [6.45, 7) is 0. The van der Waals surface area contributed by atoms with Crippen molar-refractivity contribution >= 4 is 35.1 Å². The average Bonchev–Trinajstić information content (AvgIpc) is 3.22. The van der Waals surface area contributed by atoms with Crippen LogP contribution in [0.3, 0.4) is 0 Å². The van der Waals surface area contributed by atoms with E-state index in [1.165, 1.54) is 11.3 Å². The largest absolute Gasteiger partial charge is 0.493 e. The first-order valence-electron chi connectivity index (χ1n) is 14.4. The van der Waals surface area contributed by atoms with Crippen LogP contribution in [0.1, 0.15) is 48.4 Å². The highest BCUT2D eigenvalue weighted by atomic mass is 35.5. The molecule has 0 saturated heterocycles. The van der Waals surface area contributed by atoms with Crippen molar-refractivity contribution in [2.24, 2.45) is 4.99 Å². The first-order valence-corrected chi connectivity index (χ1v) is 15.6. The van der Waals surface area contributed by atoms with E-state index in [0.717, 1.165) is 59.2 Å². The molecule has 226 valence electrons. The zero-order chi connectivity index (χ0) is 30.8. The fourth-order valence-corrected chi connectivity index (χ4v) is 7.02. The number of halogens is 1. The van der Waals surface area contributed by atoms with Gasteiger partial charge in [0.25, 0.3) is 5.56 Å². The molecule has 1 aliphatic carbocycles. The van der Waals surface area contributed by atoms with Gasteiger partial charge in [-0.2, -0.15) is 0 Å². The summed E-state index contributed by atoms with van der Waals surface area (Å²) < 4.78 is 24.7. The Morgan fingerprint density at radius 2 is 1.43 bits per heavy atom. The van der Waals surface area contributed by atoms with Gasteiger partial charge in [0.15, 0.2) is 27.8 Å². The summed E-state index contributed by atoms with van der Waals surface area (Å²) in [4.78, 5) is 20.0. The van der Waals surface area contributed by atoms with Crippen LogP contribution in [0.4, 0.5) is 0 Å². The Morgan fingerprint density at radius 1 is 0.795 bits per heavy atom. The van der Waals surface area contributed by atoms with Gasteiger partial charge in [0.1, 0.15) is 0 Å². The Bertz CT molecular complexity index is 1960. The molecule has 0 spiro atoms. The second-order valence-electron chi connectivity index (χ2n) is 10.6. The lowest BCUT2D eigenvalue weighted by Crippen LogP contribution is -2.38. The van der Waals surface area contributed by atoms with E-state index < -0.39 is 0 Å². The predicted octanol–water partition coefficient (Wildman–Crippen LogP) is 6.56. The van der Waals surface area contributed by atoms with Crippen molar-refractivity contribution < 1.29 is 18.9 Å². The first-order chi connectivity index (χ1) is 21.4. The van der Waals surface area contributed by atoms with Gasteiger partial charge in [-0.05, 0) is 102 Å². The summed E-state index contributed by atoms with van der Waals surface area (Å²) >= 11 is 7.51. The maximum Gasteiger partial charge on any atom is 0.271 e. The molecule has 0 N–H and O–H groups in total. The molecule has 3 aromatic carbocycles. The quantitative estimate of drug-likeness (QED) is 0.232. The zero-order valence-corrected chi connectivity index (χ0v) is 26.6. The van der Waals surface area contributed by atoms with Crippen LogP contribution in [0.15, 0.2) is 87.3 Å². The molecule has 0 bridgehead atoms. The standard InChI is InChI=1S/C35H33ClN2O5S/c1-40-27-15-11-22(18-29(27)42-3)17-23-7-5-6-8-26-32(23)37-35-38(33(26)24-12-16-28(41-2)30(20-24)43-4)34(39)31(44-35)19-21-9-13-25(36)14-10-21/h9-20,33H,5-8H2,1-4H3/b23-17+,31-19-. The summed E-state index contributed by atoms with van der Waals surface area (Å²) in [5.74, 6) is 2.60. The van der Waals surface area contributed by atoms with E-state index in [1.807, 2.05) is 71.3 Å². The second kappa shape index (κ2) is 12.8. The van der Waals surface area contributed by atoms with Gasteiger partial charge in [-0.3, -0.25) is 9.36 Å². The maximum absolute atomic E-state index is 14.1. The fraction of sp³-hybridized carbons (Fsp3) is 0.257. The Labute approximate surface area is 265 Å². The van der Waals surface area contributed by atoms with E-state index in [1.54, 1.807) is 28.4 Å². The zero-order valence-electron chi connectivity index (χ0n) is 25.1. The molecule has 2 aliphatic rings. The van der Waals surface area contributed by atoms with Gasteiger partial charge in [-0.15, -0.1) is 0 Å². The van der Waals surface area contributed by atoms with Crippen LogP contribution in [0.25, 0.3) is 12.2 Å². The SMILES string of the molecule is COc1ccc(/C=C2\CCCCC3=C2N=c2s/c(=C\c4ccc(Cl)cc4)c(=O)n2C3c2ccc(OC)c(OC)c2)cc1OC. The van der Waals surface area contributed by atoms with Gasteiger partial charge >= 0.3 is 0 Å². The molecule has 1 aromatic heterocycles. The number of methoxy groups -OCH3 is 4. The van der Waals surface area contributed by atoms with Crippen LogP contribution in [0.5, 0.6) is 23.0 Å². The monoisotopic (exact) mass is 628 g/mol. The minimum absolute atomic E-state index is 0.0790. The lowest BCUT2D eigenvalue weighted by molar-refractivity contribution is 0.354. The molecule has 9 heteroatoms. The molecule has 1 unspecified atom stereocenters. The molecule has 1 aliphatic heterocycles. The highest BCUT2D eigenvalue weighted by molar-refractivity contribution is 7.07. The Hall–Kier alpha value is -4.27. The smallest absolute Gasteiger partial charge is 0.271 e. The van der Waals surface area contributed by atoms with Gasteiger partial charge in [0.2, 0.25) is 0 Å². The Balaban J connectivity index is 1.59. The van der Waals surface area contributed by atoms with Gasteiger partial charge in [0.05, 0.1) is 44.7 Å². The predicted molar refractivity (Wildman–Crippen MR) is 175 cm³/mol. The van der Waals surface area contributed by atoms with E-state index in [-0.39, 0.29) is 11.6 Å². The molecule has 2 heterocycles. The number of allylic oxidation sites excluding steroid dienone is 2. The van der Waals surface area contributed by atoms with Crippen LogP contribution in [-0.4, -0.2) is 33.0 Å². The third-order valence-corrected chi connectivity index (χ3v) is 9.26. The molecule has 0 fully saturated rings. The van der Waals surface area contributed by atoms with E-state index in [0.29, 0.717) is 37.4 Å². The number of fused-ring (bicyclic) bond motifs is 1. The number of nitrogens with zero attached hydrogens (tertiary/aromatic N) is 2. The Kier molecular flexibility index (Phi) is 8.64. The number of rotatable bonds is 7. The summed E-state index contributed by atoms with van der Waals surface area (Å²) in [5, 5.41) is 0.648. The summed E-state index contributed by atoms with van der Waals surface area (Å²) in [5.41, 5.74) is 5.95. The molecular formula is C35H33ClN2O5S. The van der Waals surface area contributed by atoms with E-state index in [2.05, 4.69) is 6.08 Å². The van der Waals surface area contributed by atoms with Crippen LogP contribution in [0.2, 0.25) is 5.02 Å². The number of benzene rings is 3. The molecule has 0 amide bonds. The Morgan fingerprint density at radius 3 is 2.14 bits per heavy atom. The van der Waals surface area contributed by atoms with Crippen molar-refractivity contribution in [1.29, 1.82) is 0 Å². The van der Waals surface area contributed by atoms with Gasteiger partial charge in [0, 0.05) is 5.02 Å². The molecular weight excluding hydrogens is 596 g/mol. The minimum atomic E-state index is -0.347. The number of ether oxygens (including phenoxy) is 4. The van der Waals surface area contributed by atoms with E-state index in [4.69, 9.17) is 35.5 Å². The maximum atomic E-state index is 14.1. The van der Waals surface area contributed by atoms with Crippen LogP contribution < -0.4 is 33.8 Å². The topological polar surface area (TPSA) is 71.3 Å². The van der Waals surface area contributed by atoms with Crippen molar-refractivity contribution in [3.63, 3.8) is 0 Å². The minimum Gasteiger partial charge on any atom is -0.493 e. The summed E-state index contributed by atoms with van der Waals surface area (Å²) in [7, 11) is 6.51. The van der Waals surface area contributed by atoms with Crippen molar-refractivity contribution in [3.8, 4) is 23.0 Å². The molecule has 7 nitrogen and oxygen atoms in total. The van der Waals surface area contributed by atoms with Crippen molar-refractivity contribution in [2.75, 3.05) is 28.4 Å². The number of thiazole rings is 1. The normalized spacial score (nSPS) is 17.4. The van der Waals surface area contributed by atoms with Crippen molar-refractivity contribution in [2.45, 2.75) is 31.7 Å². The first kappa shape index (κ1) is 29.8.